The molecule has 0 bridgehead atoms. The summed E-state index contributed by atoms with van der Waals surface area (Å²) in [6.45, 7) is 0. The lowest BCUT2D eigenvalue weighted by Gasteiger charge is -2.29. The van der Waals surface area contributed by atoms with E-state index >= 15 is 0 Å². The molecular weight excluding hydrogens is 291 g/mol. The third kappa shape index (κ3) is 2.08. The molecule has 0 amide bonds. The molecule has 0 aliphatic heterocycles. The molecule has 20 heavy (non-hydrogen) atoms. The van der Waals surface area contributed by atoms with Crippen molar-refractivity contribution in [3.8, 4) is 0 Å². The van der Waals surface area contributed by atoms with Crippen LogP contribution in [0.1, 0.15) is 5.69 Å². The van der Waals surface area contributed by atoms with Gasteiger partial charge in [-0.15, -0.1) is 0 Å². The standard InChI is InChI=1S/C12H6F7N/c13-10(11(14,15)16,12(17,18)19)9-6-5-7-3-1-2-4-8(7)20-9/h1-6H. The van der Waals surface area contributed by atoms with Crippen molar-refractivity contribution in [3.05, 3.63) is 42.1 Å². The summed E-state index contributed by atoms with van der Waals surface area (Å²) in [5.41, 5.74) is -7.37. The molecule has 0 radical (unpaired) electrons. The molecular formula is C12H6F7N. The van der Waals surface area contributed by atoms with Crippen molar-refractivity contribution in [2.75, 3.05) is 0 Å². The van der Waals surface area contributed by atoms with E-state index in [0.29, 0.717) is 11.5 Å². The summed E-state index contributed by atoms with van der Waals surface area (Å²) in [5.74, 6) is 0. The number of aromatic nitrogens is 1. The zero-order chi connectivity index (χ0) is 15.2. The van der Waals surface area contributed by atoms with E-state index in [1.54, 1.807) is 0 Å². The van der Waals surface area contributed by atoms with Gasteiger partial charge < -0.3 is 0 Å². The number of hydrogen-bond acceptors (Lipinski definition) is 1. The van der Waals surface area contributed by atoms with Crippen LogP contribution in [0, 0.1) is 0 Å². The van der Waals surface area contributed by atoms with Gasteiger partial charge in [-0.1, -0.05) is 24.3 Å². The van der Waals surface area contributed by atoms with Crippen LogP contribution in [0.25, 0.3) is 10.9 Å². The molecule has 0 fully saturated rings. The quantitative estimate of drug-likeness (QED) is 0.705. The first-order chi connectivity index (χ1) is 9.07. The Bertz CT molecular complexity index is 615. The van der Waals surface area contributed by atoms with Crippen LogP contribution in [0.4, 0.5) is 30.7 Å². The second-order valence-electron chi connectivity index (χ2n) is 4.04. The predicted molar refractivity (Wildman–Crippen MR) is 56.6 cm³/mol. The van der Waals surface area contributed by atoms with E-state index < -0.39 is 23.7 Å². The third-order valence-corrected chi connectivity index (χ3v) is 2.73. The molecule has 0 atom stereocenters. The Balaban J connectivity index is 2.70. The molecule has 108 valence electrons. The third-order valence-electron chi connectivity index (χ3n) is 2.73. The van der Waals surface area contributed by atoms with Crippen molar-refractivity contribution < 1.29 is 30.7 Å². The van der Waals surface area contributed by atoms with Crippen molar-refractivity contribution in [2.24, 2.45) is 0 Å². The van der Waals surface area contributed by atoms with E-state index in [1.807, 2.05) is 0 Å². The summed E-state index contributed by atoms with van der Waals surface area (Å²) < 4.78 is 89.1. The minimum absolute atomic E-state index is 0.152. The number of alkyl halides is 7. The Morgan fingerprint density at radius 3 is 1.80 bits per heavy atom. The largest absolute Gasteiger partial charge is 0.437 e. The minimum Gasteiger partial charge on any atom is -0.249 e. The molecule has 1 aromatic heterocycles. The van der Waals surface area contributed by atoms with Gasteiger partial charge in [-0.05, 0) is 12.1 Å². The van der Waals surface area contributed by atoms with Gasteiger partial charge in [-0.2, -0.15) is 26.3 Å². The van der Waals surface area contributed by atoms with E-state index in [4.69, 9.17) is 0 Å². The first-order valence-corrected chi connectivity index (χ1v) is 5.26. The molecule has 1 nitrogen and oxygen atoms in total. The summed E-state index contributed by atoms with van der Waals surface area (Å²) in [5, 5.41) is 0.308. The number of benzene rings is 1. The number of nitrogens with zero attached hydrogens (tertiary/aromatic N) is 1. The molecule has 0 spiro atoms. The van der Waals surface area contributed by atoms with Gasteiger partial charge in [-0.25, -0.2) is 9.37 Å². The van der Waals surface area contributed by atoms with E-state index in [0.717, 1.165) is 6.07 Å². The van der Waals surface area contributed by atoms with E-state index in [2.05, 4.69) is 4.98 Å². The topological polar surface area (TPSA) is 12.9 Å². The first-order valence-electron chi connectivity index (χ1n) is 5.26. The molecule has 2 rings (SSSR count). The van der Waals surface area contributed by atoms with Crippen molar-refractivity contribution in [1.82, 2.24) is 4.98 Å². The van der Waals surface area contributed by atoms with E-state index in [1.165, 1.54) is 24.3 Å². The van der Waals surface area contributed by atoms with E-state index in [-0.39, 0.29) is 5.52 Å². The Morgan fingerprint density at radius 2 is 1.25 bits per heavy atom. The molecule has 0 aliphatic carbocycles. The minimum atomic E-state index is -6.15. The lowest BCUT2D eigenvalue weighted by atomic mass is 9.99. The van der Waals surface area contributed by atoms with Crippen LogP contribution in [0.15, 0.2) is 36.4 Å². The lowest BCUT2D eigenvalue weighted by molar-refractivity contribution is -0.349. The van der Waals surface area contributed by atoms with Gasteiger partial charge in [0.15, 0.2) is 0 Å². The maximum atomic E-state index is 13.8. The summed E-state index contributed by atoms with van der Waals surface area (Å²) >= 11 is 0. The summed E-state index contributed by atoms with van der Waals surface area (Å²) in [6.07, 6.45) is -12.3. The number of fused-ring (bicyclic) bond motifs is 1. The fourth-order valence-electron chi connectivity index (χ4n) is 1.71. The number of rotatable bonds is 1. The monoisotopic (exact) mass is 297 g/mol. The molecule has 0 aliphatic rings. The van der Waals surface area contributed by atoms with Gasteiger partial charge >= 0.3 is 18.0 Å². The lowest BCUT2D eigenvalue weighted by Crippen LogP contribution is -2.50. The van der Waals surface area contributed by atoms with Crippen molar-refractivity contribution in [2.45, 2.75) is 18.0 Å². The Morgan fingerprint density at radius 1 is 0.700 bits per heavy atom. The molecule has 1 aromatic carbocycles. The number of hydrogen-bond donors (Lipinski definition) is 0. The van der Waals surface area contributed by atoms with E-state index in [9.17, 15) is 30.7 Å². The highest BCUT2D eigenvalue weighted by Gasteiger charge is 2.74. The molecule has 2 aromatic rings. The fraction of sp³-hybridized carbons (Fsp3) is 0.250. The SMILES string of the molecule is FC(F)(F)C(F)(c1ccc2ccccc2n1)C(F)(F)F. The number of pyridine rings is 1. The summed E-state index contributed by atoms with van der Waals surface area (Å²) in [6, 6.07) is 6.89. The van der Waals surface area contributed by atoms with Crippen LogP contribution in [0.5, 0.6) is 0 Å². The van der Waals surface area contributed by atoms with Gasteiger partial charge in [0.05, 0.1) is 11.2 Å². The van der Waals surface area contributed by atoms with Crippen LogP contribution >= 0.6 is 0 Å². The highest BCUT2D eigenvalue weighted by molar-refractivity contribution is 5.78. The van der Waals surface area contributed by atoms with Crippen molar-refractivity contribution >= 4 is 10.9 Å². The molecule has 0 saturated heterocycles. The van der Waals surface area contributed by atoms with Gasteiger partial charge in [-0.3, -0.25) is 0 Å². The van der Waals surface area contributed by atoms with Crippen LogP contribution in [-0.4, -0.2) is 17.3 Å². The average Bonchev–Trinajstić information content (AvgIpc) is 2.34. The Labute approximate surface area is 108 Å². The normalized spacial score (nSPS) is 13.8. The van der Waals surface area contributed by atoms with Gasteiger partial charge in [0.1, 0.15) is 0 Å². The highest BCUT2D eigenvalue weighted by atomic mass is 19.4. The molecule has 0 N–H and O–H groups in total. The second kappa shape index (κ2) is 4.32. The summed E-state index contributed by atoms with van der Waals surface area (Å²) in [4.78, 5) is 3.17. The molecule has 0 unspecified atom stereocenters. The predicted octanol–water partition coefficient (Wildman–Crippen LogP) is 4.52. The molecule has 1 heterocycles. The number of halogens is 7. The van der Waals surface area contributed by atoms with Crippen LogP contribution < -0.4 is 0 Å². The first kappa shape index (κ1) is 14.5. The zero-order valence-corrected chi connectivity index (χ0v) is 9.56. The maximum absolute atomic E-state index is 13.8. The average molecular weight is 297 g/mol. The maximum Gasteiger partial charge on any atom is 0.437 e. The molecule has 0 saturated carbocycles. The Hall–Kier alpha value is -1.86. The van der Waals surface area contributed by atoms with Crippen molar-refractivity contribution in [3.63, 3.8) is 0 Å². The fourth-order valence-corrected chi connectivity index (χ4v) is 1.71. The van der Waals surface area contributed by atoms with Gasteiger partial charge in [0.25, 0.3) is 0 Å². The van der Waals surface area contributed by atoms with Gasteiger partial charge in [0, 0.05) is 5.39 Å². The van der Waals surface area contributed by atoms with Crippen molar-refractivity contribution in [1.29, 1.82) is 0 Å². The highest BCUT2D eigenvalue weighted by Crippen LogP contribution is 2.52. The zero-order valence-electron chi connectivity index (χ0n) is 9.56. The molecule has 8 heteroatoms. The second-order valence-corrected chi connectivity index (χ2v) is 4.04. The van der Waals surface area contributed by atoms with Crippen LogP contribution in [0.3, 0.4) is 0 Å². The van der Waals surface area contributed by atoms with Gasteiger partial charge in [0.2, 0.25) is 0 Å². The Kier molecular flexibility index (Phi) is 3.14. The summed E-state index contributed by atoms with van der Waals surface area (Å²) in [7, 11) is 0. The number of para-hydroxylation sites is 1. The van der Waals surface area contributed by atoms with Crippen LogP contribution in [0.2, 0.25) is 0 Å². The van der Waals surface area contributed by atoms with Crippen LogP contribution in [-0.2, 0) is 5.67 Å². The smallest absolute Gasteiger partial charge is 0.249 e.